The molecule has 0 radical (unpaired) electrons. The average Bonchev–Trinajstić information content (AvgIpc) is 3.65. The van der Waals surface area contributed by atoms with E-state index in [0.29, 0.717) is 40.8 Å². The zero-order valence-electron chi connectivity index (χ0n) is 33.5. The molecule has 2 aliphatic carbocycles. The van der Waals surface area contributed by atoms with Crippen LogP contribution in [0.2, 0.25) is 0 Å². The highest BCUT2D eigenvalue weighted by Gasteiger charge is 2.68. The number of methoxy groups -OCH3 is 2. The largest absolute Gasteiger partial charge is 0.508 e. The van der Waals surface area contributed by atoms with Gasteiger partial charge < -0.3 is 19.3 Å². The zero-order valence-corrected chi connectivity index (χ0v) is 33.5. The van der Waals surface area contributed by atoms with Crippen molar-refractivity contribution in [1.29, 1.82) is 0 Å². The summed E-state index contributed by atoms with van der Waals surface area (Å²) in [7, 11) is 3.21. The Morgan fingerprint density at radius 3 is 2.12 bits per heavy atom. The van der Waals surface area contributed by atoms with Crippen LogP contribution in [-0.4, -0.2) is 43.0 Å². The van der Waals surface area contributed by atoms with Gasteiger partial charge in [-0.3, -0.25) is 24.1 Å². The molecule has 302 valence electrons. The van der Waals surface area contributed by atoms with Gasteiger partial charge in [-0.2, -0.15) is 0 Å². The van der Waals surface area contributed by atoms with Gasteiger partial charge in [-0.25, -0.2) is 4.90 Å². The van der Waals surface area contributed by atoms with Crippen LogP contribution in [0.1, 0.15) is 47.9 Å². The van der Waals surface area contributed by atoms with Gasteiger partial charge in [0.2, 0.25) is 23.6 Å². The fourth-order valence-electron chi connectivity index (χ4n) is 9.93. The molecule has 0 aromatic heterocycles. The standard InChI is InChI=1S/C50H44N2O8/c1-50-41(47(55)52(49(50)57)33-12-8-5-9-13-33)28-40-37(45(50)38-22-20-36(27-42(38)53)60-29-31-10-6-4-7-11-31)23-24-39-44(40)48(56)51(46(39)54)34-18-15-30(16-19-34)14-17-32-26-35(58-2)21-25-43(32)59-3/h4-23,25-27,39-41,44-45,53H,24,28-29H2,1-3H3/t39-,40+,41-,44-,45+,50+/m0/s1. The molecule has 9 rings (SSSR count). The Morgan fingerprint density at radius 2 is 1.42 bits per heavy atom. The number of anilines is 2. The number of allylic oxidation sites excluding steroid dienone is 2. The summed E-state index contributed by atoms with van der Waals surface area (Å²) in [5.41, 5.74) is 3.52. The monoisotopic (exact) mass is 800 g/mol. The highest BCUT2D eigenvalue weighted by Crippen LogP contribution is 2.64. The van der Waals surface area contributed by atoms with Crippen molar-refractivity contribution in [2.24, 2.45) is 29.1 Å². The van der Waals surface area contributed by atoms with E-state index in [1.807, 2.05) is 91.9 Å². The molecule has 4 amide bonds. The fraction of sp³-hybridized carbons (Fsp3) is 0.240. The molecule has 2 heterocycles. The molecular formula is C50H44N2O8. The second-order valence-electron chi connectivity index (χ2n) is 16.0. The molecular weight excluding hydrogens is 757 g/mol. The molecule has 0 bridgehead atoms. The molecule has 5 aromatic rings. The maximum Gasteiger partial charge on any atom is 0.241 e. The van der Waals surface area contributed by atoms with Crippen molar-refractivity contribution in [2.45, 2.75) is 32.3 Å². The Kier molecular flexibility index (Phi) is 9.86. The molecule has 4 aliphatic rings. The van der Waals surface area contributed by atoms with Crippen LogP contribution < -0.4 is 24.0 Å². The summed E-state index contributed by atoms with van der Waals surface area (Å²) in [6, 6.07) is 36.4. The zero-order chi connectivity index (χ0) is 41.7. The molecule has 0 unspecified atom stereocenters. The summed E-state index contributed by atoms with van der Waals surface area (Å²) in [5, 5.41) is 11.8. The first kappa shape index (κ1) is 38.6. The number of fused-ring (bicyclic) bond motifs is 4. The minimum absolute atomic E-state index is 0.0814. The number of carbonyl (C=O) groups excluding carboxylic acids is 4. The van der Waals surface area contributed by atoms with Crippen molar-refractivity contribution >= 4 is 47.2 Å². The number of phenolic OH excluding ortho intramolecular Hbond substituents is 1. The van der Waals surface area contributed by atoms with Crippen LogP contribution in [0, 0.1) is 29.1 Å². The third-order valence-corrected chi connectivity index (χ3v) is 12.9. The lowest BCUT2D eigenvalue weighted by molar-refractivity contribution is -0.131. The number of nitrogens with zero attached hydrogens (tertiary/aromatic N) is 2. The molecule has 10 nitrogen and oxygen atoms in total. The van der Waals surface area contributed by atoms with Gasteiger partial charge in [-0.15, -0.1) is 0 Å². The summed E-state index contributed by atoms with van der Waals surface area (Å²) in [6.45, 7) is 2.10. The summed E-state index contributed by atoms with van der Waals surface area (Å²) >= 11 is 0. The minimum Gasteiger partial charge on any atom is -0.508 e. The number of hydrogen-bond acceptors (Lipinski definition) is 8. The van der Waals surface area contributed by atoms with Crippen molar-refractivity contribution in [2.75, 3.05) is 24.0 Å². The molecule has 3 fully saturated rings. The van der Waals surface area contributed by atoms with Crippen LogP contribution in [0.25, 0.3) is 12.2 Å². The number of imide groups is 2. The van der Waals surface area contributed by atoms with Crippen LogP contribution in [0.4, 0.5) is 11.4 Å². The average molecular weight is 801 g/mol. The molecule has 2 saturated heterocycles. The first-order valence-electron chi connectivity index (χ1n) is 20.1. The number of ether oxygens (including phenoxy) is 3. The predicted octanol–water partition coefficient (Wildman–Crippen LogP) is 8.59. The van der Waals surface area contributed by atoms with E-state index >= 15 is 0 Å². The van der Waals surface area contributed by atoms with Crippen molar-refractivity contribution in [3.8, 4) is 23.0 Å². The first-order valence-corrected chi connectivity index (χ1v) is 20.1. The van der Waals surface area contributed by atoms with Crippen LogP contribution in [0.3, 0.4) is 0 Å². The van der Waals surface area contributed by atoms with Gasteiger partial charge in [0.05, 0.1) is 48.8 Å². The first-order chi connectivity index (χ1) is 29.1. The molecule has 0 spiro atoms. The molecule has 2 aliphatic heterocycles. The number of hydrogen-bond donors (Lipinski definition) is 1. The molecule has 1 saturated carbocycles. The van der Waals surface area contributed by atoms with Gasteiger partial charge in [-0.1, -0.05) is 90.5 Å². The summed E-state index contributed by atoms with van der Waals surface area (Å²) in [6.07, 6.45) is 6.29. The van der Waals surface area contributed by atoms with Crippen molar-refractivity contribution in [3.05, 3.63) is 155 Å². The van der Waals surface area contributed by atoms with Gasteiger partial charge in [-0.05, 0) is 85.3 Å². The lowest BCUT2D eigenvalue weighted by Crippen LogP contribution is -2.48. The van der Waals surface area contributed by atoms with E-state index in [1.54, 1.807) is 68.8 Å². The molecule has 5 aromatic carbocycles. The van der Waals surface area contributed by atoms with Crippen molar-refractivity contribution in [3.63, 3.8) is 0 Å². The number of amides is 4. The van der Waals surface area contributed by atoms with E-state index in [4.69, 9.17) is 14.2 Å². The van der Waals surface area contributed by atoms with Crippen LogP contribution in [0.5, 0.6) is 23.0 Å². The van der Waals surface area contributed by atoms with Gasteiger partial charge in [0.15, 0.2) is 0 Å². The van der Waals surface area contributed by atoms with Gasteiger partial charge in [0.25, 0.3) is 0 Å². The highest BCUT2D eigenvalue weighted by molar-refractivity contribution is 6.25. The highest BCUT2D eigenvalue weighted by atomic mass is 16.5. The second kappa shape index (κ2) is 15.3. The molecule has 10 heteroatoms. The number of aromatic hydroxyl groups is 1. The smallest absolute Gasteiger partial charge is 0.241 e. The number of phenols is 1. The molecule has 6 atom stereocenters. The van der Waals surface area contributed by atoms with Crippen LogP contribution in [-0.2, 0) is 25.8 Å². The second-order valence-corrected chi connectivity index (χ2v) is 16.0. The lowest BCUT2D eigenvalue weighted by Gasteiger charge is -2.49. The van der Waals surface area contributed by atoms with Crippen molar-refractivity contribution in [1.82, 2.24) is 0 Å². The quantitative estimate of drug-likeness (QED) is 0.0847. The van der Waals surface area contributed by atoms with E-state index in [0.717, 1.165) is 22.3 Å². The Hall–Kier alpha value is -6.94. The third-order valence-electron chi connectivity index (χ3n) is 12.9. The van der Waals surface area contributed by atoms with E-state index < -0.39 is 35.0 Å². The van der Waals surface area contributed by atoms with E-state index in [2.05, 4.69) is 0 Å². The Bertz CT molecular complexity index is 2570. The van der Waals surface area contributed by atoms with Gasteiger partial charge in [0.1, 0.15) is 29.6 Å². The molecule has 1 N–H and O–H groups in total. The Morgan fingerprint density at radius 1 is 0.717 bits per heavy atom. The number of carbonyl (C=O) groups is 4. The maximum atomic E-state index is 14.8. The van der Waals surface area contributed by atoms with E-state index in [9.17, 15) is 24.3 Å². The van der Waals surface area contributed by atoms with Crippen LogP contribution in [0.15, 0.2) is 133 Å². The summed E-state index contributed by atoms with van der Waals surface area (Å²) < 4.78 is 16.9. The topological polar surface area (TPSA) is 123 Å². The SMILES string of the molecule is COc1ccc(OC)c(C=Cc2ccc(N3C(=O)[C@H]4[C@H](CC=C5[C@H]4C[C@H]4C(=O)N(c6ccccc6)C(=O)[C@@]4(C)[C@H]5c4ccc(OCc5ccccc5)cc4O)C3=O)cc2)c1. The predicted molar refractivity (Wildman–Crippen MR) is 227 cm³/mol. The Balaban J connectivity index is 1.05. The summed E-state index contributed by atoms with van der Waals surface area (Å²) in [4.78, 5) is 60.8. The lowest BCUT2D eigenvalue weighted by atomic mass is 9.51. The normalized spacial score (nSPS) is 24.6. The summed E-state index contributed by atoms with van der Waals surface area (Å²) in [5.74, 6) is -3.12. The number of para-hydroxylation sites is 1. The minimum atomic E-state index is -1.30. The number of benzene rings is 5. The van der Waals surface area contributed by atoms with Gasteiger partial charge in [0, 0.05) is 23.1 Å². The van der Waals surface area contributed by atoms with E-state index in [1.165, 1.54) is 9.80 Å². The van der Waals surface area contributed by atoms with E-state index in [-0.39, 0.29) is 42.2 Å². The Labute approximate surface area is 348 Å². The third kappa shape index (κ3) is 6.34. The van der Waals surface area contributed by atoms with Gasteiger partial charge >= 0.3 is 0 Å². The van der Waals surface area contributed by atoms with Crippen molar-refractivity contribution < 1.29 is 38.5 Å². The maximum absolute atomic E-state index is 14.8. The number of rotatable bonds is 10. The molecule has 60 heavy (non-hydrogen) atoms. The fourth-order valence-corrected chi connectivity index (χ4v) is 9.93. The van der Waals surface area contributed by atoms with Crippen LogP contribution >= 0.6 is 0 Å².